The topological polar surface area (TPSA) is 3.24 Å². The fourth-order valence-corrected chi connectivity index (χ4v) is 2.94. The fraction of sp³-hybridized carbons (Fsp3) is 0.625. The maximum absolute atomic E-state index is 2.67. The summed E-state index contributed by atoms with van der Waals surface area (Å²) in [7, 11) is 0. The van der Waals surface area contributed by atoms with Crippen LogP contribution in [0.25, 0.3) is 0 Å². The minimum atomic E-state index is 0.265. The molecule has 2 rings (SSSR count). The van der Waals surface area contributed by atoms with Gasteiger partial charge in [-0.25, -0.2) is 0 Å². The van der Waals surface area contributed by atoms with Crippen molar-refractivity contribution in [1.29, 1.82) is 0 Å². The summed E-state index contributed by atoms with van der Waals surface area (Å²) in [5, 5.41) is 0. The molecule has 1 aromatic rings. The zero-order valence-corrected chi connectivity index (χ0v) is 11.6. The van der Waals surface area contributed by atoms with Gasteiger partial charge in [-0.05, 0) is 51.6 Å². The van der Waals surface area contributed by atoms with E-state index in [9.17, 15) is 0 Å². The van der Waals surface area contributed by atoms with E-state index in [0.717, 1.165) is 5.92 Å². The molecular formula is C16H25N. The average molecular weight is 231 g/mol. The van der Waals surface area contributed by atoms with Gasteiger partial charge in [0.15, 0.2) is 0 Å². The average Bonchev–Trinajstić information content (AvgIpc) is 2.28. The van der Waals surface area contributed by atoms with Crippen molar-refractivity contribution in [2.75, 3.05) is 6.54 Å². The van der Waals surface area contributed by atoms with E-state index in [-0.39, 0.29) is 5.54 Å². The third kappa shape index (κ3) is 2.90. The van der Waals surface area contributed by atoms with Gasteiger partial charge in [-0.2, -0.15) is 0 Å². The summed E-state index contributed by atoms with van der Waals surface area (Å²) in [5.74, 6) is 0.846. The van der Waals surface area contributed by atoms with E-state index in [1.807, 2.05) is 0 Å². The molecule has 0 saturated carbocycles. The smallest absolute Gasteiger partial charge is 0.0355 e. The summed E-state index contributed by atoms with van der Waals surface area (Å²) in [6, 6.07) is 11.6. The molecule has 1 heterocycles. The van der Waals surface area contributed by atoms with Gasteiger partial charge in [-0.1, -0.05) is 37.3 Å². The van der Waals surface area contributed by atoms with Crippen molar-refractivity contribution in [1.82, 2.24) is 4.90 Å². The van der Waals surface area contributed by atoms with Gasteiger partial charge >= 0.3 is 0 Å². The second-order valence-corrected chi connectivity index (χ2v) is 6.42. The summed E-state index contributed by atoms with van der Waals surface area (Å²) in [6.07, 6.45) is 2.63. The van der Waals surface area contributed by atoms with E-state index in [4.69, 9.17) is 0 Å². The quantitative estimate of drug-likeness (QED) is 0.698. The van der Waals surface area contributed by atoms with Gasteiger partial charge in [0.2, 0.25) is 0 Å². The first-order valence-corrected chi connectivity index (χ1v) is 6.80. The Morgan fingerprint density at radius 1 is 1.12 bits per heavy atom. The molecule has 0 radical (unpaired) electrons. The minimum absolute atomic E-state index is 0.265. The van der Waals surface area contributed by atoms with Crippen molar-refractivity contribution in [3.05, 3.63) is 35.9 Å². The zero-order chi connectivity index (χ0) is 12.5. The third-order valence-corrected chi connectivity index (χ3v) is 3.91. The van der Waals surface area contributed by atoms with E-state index < -0.39 is 0 Å². The van der Waals surface area contributed by atoms with Crippen molar-refractivity contribution in [3.63, 3.8) is 0 Å². The molecule has 1 saturated heterocycles. The van der Waals surface area contributed by atoms with E-state index in [1.54, 1.807) is 0 Å². The van der Waals surface area contributed by atoms with E-state index >= 15 is 0 Å². The van der Waals surface area contributed by atoms with Gasteiger partial charge in [-0.3, -0.25) is 4.90 Å². The SMILES string of the molecule is C[C@H]1CCN(C(C)(C)C)[C@@H](c2ccccc2)C1. The number of hydrogen-bond acceptors (Lipinski definition) is 1. The van der Waals surface area contributed by atoms with Gasteiger partial charge < -0.3 is 0 Å². The van der Waals surface area contributed by atoms with Crippen molar-refractivity contribution in [3.8, 4) is 0 Å². The van der Waals surface area contributed by atoms with Crippen LogP contribution in [0.1, 0.15) is 52.1 Å². The lowest BCUT2D eigenvalue weighted by Crippen LogP contribution is -2.47. The van der Waals surface area contributed by atoms with Crippen molar-refractivity contribution < 1.29 is 0 Å². The van der Waals surface area contributed by atoms with Crippen molar-refractivity contribution in [2.24, 2.45) is 5.92 Å². The number of hydrogen-bond donors (Lipinski definition) is 0. The summed E-state index contributed by atoms with van der Waals surface area (Å²) in [4.78, 5) is 2.67. The Kier molecular flexibility index (Phi) is 3.58. The van der Waals surface area contributed by atoms with Crippen LogP contribution in [0, 0.1) is 5.92 Å². The molecule has 0 spiro atoms. The fourth-order valence-electron chi connectivity index (χ4n) is 2.94. The third-order valence-electron chi connectivity index (χ3n) is 3.91. The van der Waals surface area contributed by atoms with Gasteiger partial charge in [0.1, 0.15) is 0 Å². The van der Waals surface area contributed by atoms with Crippen molar-refractivity contribution in [2.45, 2.75) is 52.1 Å². The van der Waals surface area contributed by atoms with Crippen LogP contribution in [0.4, 0.5) is 0 Å². The van der Waals surface area contributed by atoms with E-state index in [1.165, 1.54) is 24.9 Å². The van der Waals surface area contributed by atoms with E-state index in [2.05, 4.69) is 62.9 Å². The molecule has 0 amide bonds. The number of rotatable bonds is 1. The van der Waals surface area contributed by atoms with Crippen molar-refractivity contribution >= 4 is 0 Å². The first-order chi connectivity index (χ1) is 7.98. The lowest BCUT2D eigenvalue weighted by Gasteiger charge is -2.46. The molecule has 94 valence electrons. The van der Waals surface area contributed by atoms with Gasteiger partial charge in [0.05, 0.1) is 0 Å². The predicted molar refractivity (Wildman–Crippen MR) is 74.0 cm³/mol. The molecular weight excluding hydrogens is 206 g/mol. The van der Waals surface area contributed by atoms with Crippen LogP contribution in [0.2, 0.25) is 0 Å². The van der Waals surface area contributed by atoms with E-state index in [0.29, 0.717) is 6.04 Å². The highest BCUT2D eigenvalue weighted by Crippen LogP contribution is 2.38. The molecule has 1 fully saturated rings. The first-order valence-electron chi connectivity index (χ1n) is 6.80. The first kappa shape index (κ1) is 12.6. The summed E-state index contributed by atoms with van der Waals surface area (Å²) < 4.78 is 0. The van der Waals surface area contributed by atoms with Crippen LogP contribution in [-0.2, 0) is 0 Å². The molecule has 1 aliphatic rings. The molecule has 0 N–H and O–H groups in total. The second kappa shape index (κ2) is 4.81. The van der Waals surface area contributed by atoms with Gasteiger partial charge in [-0.15, -0.1) is 0 Å². The summed E-state index contributed by atoms with van der Waals surface area (Å²) in [5.41, 5.74) is 1.75. The number of nitrogens with zero attached hydrogens (tertiary/aromatic N) is 1. The Labute approximate surface area is 106 Å². The predicted octanol–water partition coefficient (Wildman–Crippen LogP) is 4.26. The molecule has 17 heavy (non-hydrogen) atoms. The normalized spacial score (nSPS) is 27.1. The van der Waals surface area contributed by atoms with Gasteiger partial charge in [0.25, 0.3) is 0 Å². The molecule has 1 nitrogen and oxygen atoms in total. The molecule has 1 aromatic carbocycles. The number of benzene rings is 1. The van der Waals surface area contributed by atoms with Crippen LogP contribution >= 0.6 is 0 Å². The summed E-state index contributed by atoms with van der Waals surface area (Å²) in [6.45, 7) is 10.6. The minimum Gasteiger partial charge on any atom is -0.291 e. The molecule has 0 bridgehead atoms. The zero-order valence-electron chi connectivity index (χ0n) is 11.6. The molecule has 0 unspecified atom stereocenters. The van der Waals surface area contributed by atoms with Crippen LogP contribution in [0.3, 0.4) is 0 Å². The number of piperidine rings is 1. The highest BCUT2D eigenvalue weighted by Gasteiger charge is 2.34. The molecule has 1 heteroatoms. The Bertz CT molecular complexity index is 350. The molecule has 1 aliphatic heterocycles. The highest BCUT2D eigenvalue weighted by atomic mass is 15.2. The van der Waals surface area contributed by atoms with Crippen LogP contribution < -0.4 is 0 Å². The maximum Gasteiger partial charge on any atom is 0.0355 e. The second-order valence-electron chi connectivity index (χ2n) is 6.42. The van der Waals surface area contributed by atoms with Crippen LogP contribution in [-0.4, -0.2) is 17.0 Å². The summed E-state index contributed by atoms with van der Waals surface area (Å²) >= 11 is 0. The van der Waals surface area contributed by atoms with Crippen LogP contribution in [0.15, 0.2) is 30.3 Å². The Hall–Kier alpha value is -0.820. The highest BCUT2D eigenvalue weighted by molar-refractivity contribution is 5.20. The lowest BCUT2D eigenvalue weighted by atomic mass is 9.85. The largest absolute Gasteiger partial charge is 0.291 e. The standard InChI is InChI=1S/C16H25N/c1-13-10-11-17(16(2,3)4)15(12-13)14-8-6-5-7-9-14/h5-9,13,15H,10-12H2,1-4H3/t13-,15+/m0/s1. The lowest BCUT2D eigenvalue weighted by molar-refractivity contribution is 0.0326. The Balaban J connectivity index is 2.26. The maximum atomic E-state index is 2.67. The molecule has 2 atom stereocenters. The molecule has 0 aromatic heterocycles. The Morgan fingerprint density at radius 2 is 1.76 bits per heavy atom. The Morgan fingerprint density at radius 3 is 2.35 bits per heavy atom. The number of likely N-dealkylation sites (tertiary alicyclic amines) is 1. The monoisotopic (exact) mass is 231 g/mol. The molecule has 0 aliphatic carbocycles. The van der Waals surface area contributed by atoms with Crippen LogP contribution in [0.5, 0.6) is 0 Å². The van der Waals surface area contributed by atoms with Gasteiger partial charge in [0, 0.05) is 11.6 Å².